The van der Waals surface area contributed by atoms with Crippen molar-refractivity contribution in [3.8, 4) is 0 Å². The molecule has 0 radical (unpaired) electrons. The van der Waals surface area contributed by atoms with Crippen LogP contribution in [-0.4, -0.2) is 30.8 Å². The highest BCUT2D eigenvalue weighted by atomic mass is 35.5. The number of halogens is 1. The van der Waals surface area contributed by atoms with Crippen molar-refractivity contribution in [2.75, 3.05) is 18.8 Å². The Morgan fingerprint density at radius 1 is 1.28 bits per heavy atom. The molecule has 2 unspecified atom stereocenters. The molecule has 1 saturated carbocycles. The molecule has 1 heterocycles. The molecule has 0 bridgehead atoms. The summed E-state index contributed by atoms with van der Waals surface area (Å²) in [5, 5.41) is 6.45. The number of carbonyl (C=O) groups excluding carboxylic acids is 1. The number of hydrogen-bond acceptors (Lipinski definition) is 3. The summed E-state index contributed by atoms with van der Waals surface area (Å²) in [6.45, 7) is 2.14. The SMILES string of the molecule is Cl.O=C(CSc1ccccc1)NC1C2CNCC21. The molecular formula is C13H17ClN2OS. The maximum absolute atomic E-state index is 11.7. The minimum Gasteiger partial charge on any atom is -0.352 e. The molecule has 18 heavy (non-hydrogen) atoms. The smallest absolute Gasteiger partial charge is 0.230 e. The summed E-state index contributed by atoms with van der Waals surface area (Å²) in [4.78, 5) is 12.9. The maximum Gasteiger partial charge on any atom is 0.230 e. The lowest BCUT2D eigenvalue weighted by atomic mass is 10.4. The van der Waals surface area contributed by atoms with Crippen LogP contribution in [-0.2, 0) is 4.79 Å². The van der Waals surface area contributed by atoms with E-state index in [1.54, 1.807) is 11.8 Å². The van der Waals surface area contributed by atoms with Gasteiger partial charge in [0, 0.05) is 24.0 Å². The zero-order valence-electron chi connectivity index (χ0n) is 9.96. The highest BCUT2D eigenvalue weighted by Gasteiger charge is 2.53. The first kappa shape index (κ1) is 13.7. The first-order chi connectivity index (χ1) is 8.34. The predicted octanol–water partition coefficient (Wildman–Crippen LogP) is 1.53. The quantitative estimate of drug-likeness (QED) is 0.824. The van der Waals surface area contributed by atoms with Gasteiger partial charge in [-0.05, 0) is 24.0 Å². The van der Waals surface area contributed by atoms with E-state index in [1.807, 2.05) is 30.3 Å². The van der Waals surface area contributed by atoms with E-state index in [1.165, 1.54) is 0 Å². The molecule has 1 aromatic rings. The Morgan fingerprint density at radius 3 is 2.61 bits per heavy atom. The monoisotopic (exact) mass is 284 g/mol. The average Bonchev–Trinajstić information content (AvgIpc) is 2.79. The van der Waals surface area contributed by atoms with Crippen LogP contribution in [0.4, 0.5) is 0 Å². The third-order valence-electron chi connectivity index (χ3n) is 3.53. The van der Waals surface area contributed by atoms with Crippen molar-refractivity contribution < 1.29 is 4.79 Å². The van der Waals surface area contributed by atoms with Crippen LogP contribution < -0.4 is 10.6 Å². The van der Waals surface area contributed by atoms with E-state index >= 15 is 0 Å². The van der Waals surface area contributed by atoms with Gasteiger partial charge in [0.15, 0.2) is 0 Å². The predicted molar refractivity (Wildman–Crippen MR) is 76.2 cm³/mol. The Morgan fingerprint density at radius 2 is 1.94 bits per heavy atom. The molecule has 2 fully saturated rings. The standard InChI is InChI=1S/C13H16N2OS.ClH/c16-12(8-17-9-4-2-1-3-5-9)15-13-10-6-14-7-11(10)13;/h1-5,10-11,13-14H,6-8H2,(H,15,16);1H. The summed E-state index contributed by atoms with van der Waals surface area (Å²) < 4.78 is 0. The third kappa shape index (κ3) is 2.99. The van der Waals surface area contributed by atoms with Crippen LogP contribution in [0.1, 0.15) is 0 Å². The summed E-state index contributed by atoms with van der Waals surface area (Å²) in [5.41, 5.74) is 0. The molecule has 3 rings (SSSR count). The highest BCUT2D eigenvalue weighted by Crippen LogP contribution is 2.41. The highest BCUT2D eigenvalue weighted by molar-refractivity contribution is 8.00. The van der Waals surface area contributed by atoms with Crippen LogP contribution >= 0.6 is 24.2 Å². The van der Waals surface area contributed by atoms with Crippen LogP contribution in [0.2, 0.25) is 0 Å². The van der Waals surface area contributed by atoms with Crippen molar-refractivity contribution in [2.24, 2.45) is 11.8 Å². The first-order valence-corrected chi connectivity index (χ1v) is 7.01. The van der Waals surface area contributed by atoms with Gasteiger partial charge in [-0.25, -0.2) is 0 Å². The molecule has 98 valence electrons. The van der Waals surface area contributed by atoms with Gasteiger partial charge in [0.25, 0.3) is 0 Å². The topological polar surface area (TPSA) is 41.1 Å². The fourth-order valence-electron chi connectivity index (χ4n) is 2.53. The zero-order valence-corrected chi connectivity index (χ0v) is 11.6. The Balaban J connectivity index is 0.00000120. The maximum atomic E-state index is 11.7. The molecular weight excluding hydrogens is 268 g/mol. The van der Waals surface area contributed by atoms with Crippen molar-refractivity contribution >= 4 is 30.1 Å². The van der Waals surface area contributed by atoms with Gasteiger partial charge >= 0.3 is 0 Å². The van der Waals surface area contributed by atoms with Crippen molar-refractivity contribution in [1.29, 1.82) is 0 Å². The first-order valence-electron chi connectivity index (χ1n) is 6.02. The number of carbonyl (C=O) groups is 1. The van der Waals surface area contributed by atoms with Gasteiger partial charge < -0.3 is 10.6 Å². The van der Waals surface area contributed by atoms with Crippen LogP contribution in [0.25, 0.3) is 0 Å². The number of piperidine rings is 1. The molecule has 1 aliphatic carbocycles. The lowest BCUT2D eigenvalue weighted by Gasteiger charge is -2.07. The van der Waals surface area contributed by atoms with E-state index in [0.29, 0.717) is 23.6 Å². The fourth-order valence-corrected chi connectivity index (χ4v) is 3.26. The fraction of sp³-hybridized carbons (Fsp3) is 0.462. The Labute approximate surface area is 118 Å². The molecule has 2 atom stereocenters. The molecule has 1 aliphatic heterocycles. The Kier molecular flexibility index (Phi) is 4.54. The molecule has 1 amide bonds. The third-order valence-corrected chi connectivity index (χ3v) is 4.54. The molecule has 1 saturated heterocycles. The van der Waals surface area contributed by atoms with Gasteiger partial charge in [-0.15, -0.1) is 24.2 Å². The molecule has 0 aromatic heterocycles. The normalized spacial score (nSPS) is 28.1. The van der Waals surface area contributed by atoms with E-state index in [2.05, 4.69) is 10.6 Å². The molecule has 2 aliphatic rings. The van der Waals surface area contributed by atoms with Crippen LogP contribution in [0.5, 0.6) is 0 Å². The lowest BCUT2D eigenvalue weighted by Crippen LogP contribution is -2.33. The molecule has 2 N–H and O–H groups in total. The van der Waals surface area contributed by atoms with E-state index in [-0.39, 0.29) is 18.3 Å². The van der Waals surface area contributed by atoms with E-state index in [0.717, 1.165) is 18.0 Å². The van der Waals surface area contributed by atoms with Crippen molar-refractivity contribution in [1.82, 2.24) is 10.6 Å². The van der Waals surface area contributed by atoms with Crippen molar-refractivity contribution in [2.45, 2.75) is 10.9 Å². The van der Waals surface area contributed by atoms with Gasteiger partial charge in [-0.2, -0.15) is 0 Å². The summed E-state index contributed by atoms with van der Waals surface area (Å²) in [6, 6.07) is 10.5. The van der Waals surface area contributed by atoms with Crippen LogP contribution in [0.15, 0.2) is 35.2 Å². The van der Waals surface area contributed by atoms with Crippen molar-refractivity contribution in [3.63, 3.8) is 0 Å². The summed E-state index contributed by atoms with van der Waals surface area (Å²) in [5.74, 6) is 2.08. The van der Waals surface area contributed by atoms with Gasteiger partial charge in [0.1, 0.15) is 0 Å². The summed E-state index contributed by atoms with van der Waals surface area (Å²) in [7, 11) is 0. The largest absolute Gasteiger partial charge is 0.352 e. The van der Waals surface area contributed by atoms with E-state index in [4.69, 9.17) is 0 Å². The second-order valence-electron chi connectivity index (χ2n) is 4.68. The number of rotatable bonds is 4. The number of hydrogen-bond donors (Lipinski definition) is 2. The van der Waals surface area contributed by atoms with Crippen LogP contribution in [0, 0.1) is 11.8 Å². The summed E-state index contributed by atoms with van der Waals surface area (Å²) >= 11 is 1.60. The lowest BCUT2D eigenvalue weighted by molar-refractivity contribution is -0.118. The number of benzene rings is 1. The van der Waals surface area contributed by atoms with Gasteiger partial charge in [-0.1, -0.05) is 18.2 Å². The molecule has 3 nitrogen and oxygen atoms in total. The second-order valence-corrected chi connectivity index (χ2v) is 5.73. The minimum atomic E-state index is 0. The van der Waals surface area contributed by atoms with Crippen LogP contribution in [0.3, 0.4) is 0 Å². The van der Waals surface area contributed by atoms with E-state index in [9.17, 15) is 4.79 Å². The molecule has 0 spiro atoms. The van der Waals surface area contributed by atoms with E-state index < -0.39 is 0 Å². The van der Waals surface area contributed by atoms with Gasteiger partial charge in [0.2, 0.25) is 5.91 Å². The van der Waals surface area contributed by atoms with Gasteiger partial charge in [-0.3, -0.25) is 4.79 Å². The minimum absolute atomic E-state index is 0. The second kappa shape index (κ2) is 5.95. The molecule has 5 heteroatoms. The number of amides is 1. The van der Waals surface area contributed by atoms with Crippen molar-refractivity contribution in [3.05, 3.63) is 30.3 Å². The Hall–Kier alpha value is -0.710. The number of fused-ring (bicyclic) bond motifs is 1. The number of thioether (sulfide) groups is 1. The van der Waals surface area contributed by atoms with Gasteiger partial charge in [0.05, 0.1) is 5.75 Å². The summed E-state index contributed by atoms with van der Waals surface area (Å²) in [6.07, 6.45) is 0. The molecule has 1 aromatic carbocycles. The number of nitrogens with one attached hydrogen (secondary N) is 2. The zero-order chi connectivity index (χ0) is 11.7. The average molecular weight is 285 g/mol. The Bertz CT molecular complexity index is 405.